The molecule has 4 rings (SSSR count). The normalized spacial score (nSPS) is 18.2. The Kier molecular flexibility index (Phi) is 7.96. The van der Waals surface area contributed by atoms with Gasteiger partial charge in [0.15, 0.2) is 0 Å². The molecule has 7 heteroatoms. The van der Waals surface area contributed by atoms with Gasteiger partial charge >= 0.3 is 5.97 Å². The maximum Gasteiger partial charge on any atom is 0.319 e. The second-order valence-electron chi connectivity index (χ2n) is 8.90. The van der Waals surface area contributed by atoms with Crippen LogP contribution in [0, 0.1) is 0 Å². The molecule has 0 aromatic heterocycles. The fourth-order valence-electron chi connectivity index (χ4n) is 4.58. The summed E-state index contributed by atoms with van der Waals surface area (Å²) in [5.74, 6) is -0.240. The number of piperidine rings is 1. The highest BCUT2D eigenvalue weighted by atomic mass is 16.5. The Balaban J connectivity index is 1.21. The van der Waals surface area contributed by atoms with E-state index in [0.717, 1.165) is 58.7 Å². The fourth-order valence-corrected chi connectivity index (χ4v) is 4.58. The zero-order valence-electron chi connectivity index (χ0n) is 19.4. The van der Waals surface area contributed by atoms with E-state index in [1.54, 1.807) is 0 Å². The Labute approximate surface area is 196 Å². The highest BCUT2D eigenvalue weighted by molar-refractivity contribution is 5.94. The van der Waals surface area contributed by atoms with Crippen molar-refractivity contribution in [2.45, 2.75) is 25.4 Å². The monoisotopic (exact) mass is 450 g/mol. The zero-order valence-corrected chi connectivity index (χ0v) is 19.4. The minimum Gasteiger partial charge on any atom is -0.468 e. The summed E-state index contributed by atoms with van der Waals surface area (Å²) in [6.07, 6.45) is 1.68. The Bertz CT molecular complexity index is 903. The van der Waals surface area contributed by atoms with Crippen LogP contribution in [0.25, 0.3) is 0 Å². The summed E-state index contributed by atoms with van der Waals surface area (Å²) in [6.45, 7) is 6.93. The quantitative estimate of drug-likeness (QED) is 0.654. The van der Waals surface area contributed by atoms with Gasteiger partial charge in [-0.3, -0.25) is 19.4 Å². The van der Waals surface area contributed by atoms with Crippen molar-refractivity contribution in [3.63, 3.8) is 0 Å². The standard InChI is InChI=1S/C26H34N4O3/c1-33-25(31)20-28-13-11-23(12-14-28)27-26(32)22-7-9-24(10-8-22)30-17-15-29(16-18-30)19-21-5-3-2-4-6-21/h2-10,23H,11-20H2,1H3,(H,27,32). The van der Waals surface area contributed by atoms with E-state index in [4.69, 9.17) is 4.74 Å². The van der Waals surface area contributed by atoms with Crippen LogP contribution in [0.3, 0.4) is 0 Å². The van der Waals surface area contributed by atoms with Gasteiger partial charge in [0.1, 0.15) is 0 Å². The number of piperazine rings is 1. The fraction of sp³-hybridized carbons (Fsp3) is 0.462. The average molecular weight is 451 g/mol. The number of ether oxygens (including phenoxy) is 1. The largest absolute Gasteiger partial charge is 0.468 e. The van der Waals surface area contributed by atoms with Gasteiger partial charge in [-0.2, -0.15) is 0 Å². The third kappa shape index (κ3) is 6.55. The van der Waals surface area contributed by atoms with Crippen LogP contribution in [-0.2, 0) is 16.1 Å². The van der Waals surface area contributed by atoms with Gasteiger partial charge in [-0.15, -0.1) is 0 Å². The highest BCUT2D eigenvalue weighted by Gasteiger charge is 2.23. The molecule has 176 valence electrons. The molecule has 2 aliphatic rings. The van der Waals surface area contributed by atoms with Crippen LogP contribution in [0.4, 0.5) is 5.69 Å². The first-order valence-corrected chi connectivity index (χ1v) is 11.8. The molecule has 1 N–H and O–H groups in total. The first-order chi connectivity index (χ1) is 16.1. The van der Waals surface area contributed by atoms with Gasteiger partial charge in [-0.1, -0.05) is 30.3 Å². The number of hydrogen-bond donors (Lipinski definition) is 1. The molecule has 7 nitrogen and oxygen atoms in total. The number of nitrogens with zero attached hydrogens (tertiary/aromatic N) is 3. The number of rotatable bonds is 7. The molecule has 1 amide bonds. The lowest BCUT2D eigenvalue weighted by Crippen LogP contribution is -2.46. The van der Waals surface area contributed by atoms with E-state index < -0.39 is 0 Å². The van der Waals surface area contributed by atoms with Gasteiger partial charge in [-0.25, -0.2) is 0 Å². The van der Waals surface area contributed by atoms with E-state index in [1.165, 1.54) is 18.4 Å². The summed E-state index contributed by atoms with van der Waals surface area (Å²) in [4.78, 5) is 31.1. The summed E-state index contributed by atoms with van der Waals surface area (Å²) in [7, 11) is 1.41. The van der Waals surface area contributed by atoms with Crippen LogP contribution >= 0.6 is 0 Å². The minimum atomic E-state index is -0.213. The summed E-state index contributed by atoms with van der Waals surface area (Å²) < 4.78 is 4.73. The molecule has 0 aliphatic carbocycles. The number of nitrogens with one attached hydrogen (secondary N) is 1. The van der Waals surface area contributed by atoms with Crippen molar-refractivity contribution in [2.24, 2.45) is 0 Å². The van der Waals surface area contributed by atoms with Gasteiger partial charge in [0.2, 0.25) is 0 Å². The SMILES string of the molecule is COC(=O)CN1CCC(NC(=O)c2ccc(N3CCN(Cc4ccccc4)CC3)cc2)CC1. The Morgan fingerprint density at radius 1 is 0.879 bits per heavy atom. The van der Waals surface area contributed by atoms with Gasteiger partial charge in [-0.05, 0) is 42.7 Å². The van der Waals surface area contributed by atoms with Crippen molar-refractivity contribution in [1.82, 2.24) is 15.1 Å². The summed E-state index contributed by atoms with van der Waals surface area (Å²) in [5.41, 5.74) is 3.22. The van der Waals surface area contributed by atoms with Crippen molar-refractivity contribution in [1.29, 1.82) is 0 Å². The molecular formula is C26H34N4O3. The number of methoxy groups -OCH3 is 1. The van der Waals surface area contributed by atoms with Crippen molar-refractivity contribution in [3.8, 4) is 0 Å². The Morgan fingerprint density at radius 3 is 2.18 bits per heavy atom. The van der Waals surface area contributed by atoms with Gasteiger partial charge in [0.05, 0.1) is 13.7 Å². The number of esters is 1. The van der Waals surface area contributed by atoms with Gasteiger partial charge < -0.3 is 15.0 Å². The maximum atomic E-state index is 12.7. The third-order valence-corrected chi connectivity index (χ3v) is 6.62. The van der Waals surface area contributed by atoms with Gasteiger partial charge in [0.25, 0.3) is 5.91 Å². The molecule has 33 heavy (non-hydrogen) atoms. The zero-order chi connectivity index (χ0) is 23.0. The van der Waals surface area contributed by atoms with E-state index in [9.17, 15) is 9.59 Å². The van der Waals surface area contributed by atoms with E-state index >= 15 is 0 Å². The molecule has 2 fully saturated rings. The number of hydrogen-bond acceptors (Lipinski definition) is 6. The molecule has 2 aromatic carbocycles. The van der Waals surface area contributed by atoms with E-state index in [2.05, 4.69) is 62.5 Å². The second-order valence-corrected chi connectivity index (χ2v) is 8.90. The number of carbonyl (C=O) groups is 2. The molecule has 0 radical (unpaired) electrons. The van der Waals surface area contributed by atoms with Crippen molar-refractivity contribution < 1.29 is 14.3 Å². The van der Waals surface area contributed by atoms with E-state index in [-0.39, 0.29) is 17.9 Å². The van der Waals surface area contributed by atoms with Crippen molar-refractivity contribution >= 4 is 17.6 Å². The lowest BCUT2D eigenvalue weighted by atomic mass is 10.0. The third-order valence-electron chi connectivity index (χ3n) is 6.62. The lowest BCUT2D eigenvalue weighted by molar-refractivity contribution is -0.142. The number of likely N-dealkylation sites (tertiary alicyclic amines) is 1. The summed E-state index contributed by atoms with van der Waals surface area (Å²) in [6, 6.07) is 18.7. The molecule has 2 saturated heterocycles. The predicted molar refractivity (Wildman–Crippen MR) is 129 cm³/mol. The highest BCUT2D eigenvalue weighted by Crippen LogP contribution is 2.19. The molecule has 0 unspecified atom stereocenters. The molecule has 2 heterocycles. The predicted octanol–water partition coefficient (Wildman–Crippen LogP) is 2.38. The number of carbonyl (C=O) groups excluding carboxylic acids is 2. The lowest BCUT2D eigenvalue weighted by Gasteiger charge is -2.36. The second kappa shape index (κ2) is 11.3. The van der Waals surface area contributed by atoms with Crippen LogP contribution in [0.1, 0.15) is 28.8 Å². The maximum absolute atomic E-state index is 12.7. The van der Waals surface area contributed by atoms with Gasteiger partial charge in [0, 0.05) is 63.1 Å². The Morgan fingerprint density at radius 2 is 1.55 bits per heavy atom. The molecular weight excluding hydrogens is 416 g/mol. The molecule has 2 aliphatic heterocycles. The smallest absolute Gasteiger partial charge is 0.319 e. The summed E-state index contributed by atoms with van der Waals surface area (Å²) in [5, 5.41) is 3.15. The molecule has 2 aromatic rings. The number of benzene rings is 2. The van der Waals surface area contributed by atoms with E-state index in [1.807, 2.05) is 12.1 Å². The van der Waals surface area contributed by atoms with Crippen LogP contribution in [0.5, 0.6) is 0 Å². The summed E-state index contributed by atoms with van der Waals surface area (Å²) >= 11 is 0. The molecule has 0 spiro atoms. The molecule has 0 bridgehead atoms. The van der Waals surface area contributed by atoms with E-state index in [0.29, 0.717) is 12.1 Å². The minimum absolute atomic E-state index is 0.0272. The number of amides is 1. The van der Waals surface area contributed by atoms with Crippen LogP contribution < -0.4 is 10.2 Å². The van der Waals surface area contributed by atoms with Crippen LogP contribution in [0.2, 0.25) is 0 Å². The topological polar surface area (TPSA) is 65.1 Å². The average Bonchev–Trinajstić information content (AvgIpc) is 2.86. The molecule has 0 saturated carbocycles. The van der Waals surface area contributed by atoms with Crippen LogP contribution in [-0.4, -0.2) is 80.6 Å². The van der Waals surface area contributed by atoms with Crippen molar-refractivity contribution in [3.05, 3.63) is 65.7 Å². The van der Waals surface area contributed by atoms with Crippen LogP contribution in [0.15, 0.2) is 54.6 Å². The first-order valence-electron chi connectivity index (χ1n) is 11.8. The Hall–Kier alpha value is -2.90. The molecule has 0 atom stereocenters. The first kappa shape index (κ1) is 23.3. The van der Waals surface area contributed by atoms with Crippen molar-refractivity contribution in [2.75, 3.05) is 57.8 Å². The number of anilines is 1.